The molecule has 0 aliphatic carbocycles. The van der Waals surface area contributed by atoms with E-state index in [9.17, 15) is 9.59 Å². The van der Waals surface area contributed by atoms with Crippen LogP contribution in [0.25, 0.3) is 0 Å². The monoisotopic (exact) mass is 424 g/mol. The van der Waals surface area contributed by atoms with Gasteiger partial charge in [0.05, 0.1) is 0 Å². The lowest BCUT2D eigenvalue weighted by molar-refractivity contribution is -0.142. The number of hydrogen-bond acceptors (Lipinski definition) is 2. The molecule has 1 fully saturated rings. The van der Waals surface area contributed by atoms with E-state index in [0.29, 0.717) is 13.0 Å². The third-order valence-corrected chi connectivity index (χ3v) is 5.93. The zero-order valence-electron chi connectivity index (χ0n) is 18.6. The van der Waals surface area contributed by atoms with Crippen LogP contribution in [-0.2, 0) is 22.6 Å². The van der Waals surface area contributed by atoms with Gasteiger partial charge in [0.1, 0.15) is 12.6 Å². The third kappa shape index (κ3) is 4.22. The maximum atomic E-state index is 13.8. The van der Waals surface area contributed by atoms with E-state index in [-0.39, 0.29) is 18.4 Å². The molecule has 0 radical (unpaired) electrons. The van der Waals surface area contributed by atoms with E-state index < -0.39 is 6.04 Å². The van der Waals surface area contributed by atoms with E-state index in [1.54, 1.807) is 9.80 Å². The Balaban J connectivity index is 1.82. The van der Waals surface area contributed by atoms with Gasteiger partial charge in [-0.1, -0.05) is 72.8 Å². The SMILES string of the molecule is C=CCc1c(C)cc(C)cc1N1C(=O)CN(Cc2ccccc2)C(=O)C1c1ccccc1. The Morgan fingerprint density at radius 2 is 1.62 bits per heavy atom. The van der Waals surface area contributed by atoms with Crippen LogP contribution in [-0.4, -0.2) is 23.3 Å². The van der Waals surface area contributed by atoms with Gasteiger partial charge in [-0.3, -0.25) is 14.5 Å². The second-order valence-corrected chi connectivity index (χ2v) is 8.33. The van der Waals surface area contributed by atoms with Gasteiger partial charge in [0.15, 0.2) is 0 Å². The van der Waals surface area contributed by atoms with Crippen molar-refractivity contribution in [3.05, 3.63) is 113 Å². The average Bonchev–Trinajstić information content (AvgIpc) is 2.79. The first kappa shape index (κ1) is 21.6. The highest BCUT2D eigenvalue weighted by Gasteiger charge is 2.42. The molecule has 1 saturated heterocycles. The van der Waals surface area contributed by atoms with Crippen molar-refractivity contribution in [2.75, 3.05) is 11.4 Å². The summed E-state index contributed by atoms with van der Waals surface area (Å²) in [5, 5.41) is 0. The minimum atomic E-state index is -0.703. The molecule has 0 saturated carbocycles. The highest BCUT2D eigenvalue weighted by molar-refractivity contribution is 6.07. The summed E-state index contributed by atoms with van der Waals surface area (Å²) in [5.41, 5.74) is 5.81. The summed E-state index contributed by atoms with van der Waals surface area (Å²) in [6.07, 6.45) is 2.48. The first-order chi connectivity index (χ1) is 15.5. The van der Waals surface area contributed by atoms with Gasteiger partial charge in [-0.2, -0.15) is 0 Å². The van der Waals surface area contributed by atoms with Crippen LogP contribution in [0.1, 0.15) is 33.9 Å². The van der Waals surface area contributed by atoms with Gasteiger partial charge in [-0.25, -0.2) is 0 Å². The van der Waals surface area contributed by atoms with Gasteiger partial charge in [-0.05, 0) is 54.2 Å². The summed E-state index contributed by atoms with van der Waals surface area (Å²) in [6, 6.07) is 22.8. The molecule has 32 heavy (non-hydrogen) atoms. The standard InChI is InChI=1S/C28H28N2O2/c1-4-11-24-21(3)16-20(2)17-25(24)30-26(31)19-29(18-22-12-7-5-8-13-22)28(32)27(30)23-14-9-6-10-15-23/h4-10,12-17,27H,1,11,18-19H2,2-3H3. The maximum absolute atomic E-state index is 13.8. The second-order valence-electron chi connectivity index (χ2n) is 8.33. The summed E-state index contributed by atoms with van der Waals surface area (Å²) in [7, 11) is 0. The van der Waals surface area contributed by atoms with Crippen molar-refractivity contribution >= 4 is 17.5 Å². The molecule has 0 N–H and O–H groups in total. The molecule has 1 aliphatic rings. The van der Waals surface area contributed by atoms with Crippen LogP contribution in [0.4, 0.5) is 5.69 Å². The second kappa shape index (κ2) is 9.23. The van der Waals surface area contributed by atoms with Gasteiger partial charge < -0.3 is 4.90 Å². The summed E-state index contributed by atoms with van der Waals surface area (Å²) >= 11 is 0. The number of hydrogen-bond donors (Lipinski definition) is 0. The Hall–Kier alpha value is -3.66. The number of amides is 2. The molecule has 4 rings (SSSR count). The molecule has 3 aromatic carbocycles. The highest BCUT2D eigenvalue weighted by atomic mass is 16.2. The van der Waals surface area contributed by atoms with E-state index in [1.165, 1.54) is 0 Å². The molecule has 3 aromatic rings. The molecule has 1 unspecified atom stereocenters. The molecule has 1 atom stereocenters. The van der Waals surface area contributed by atoms with E-state index in [2.05, 4.69) is 12.6 Å². The number of piperazine rings is 1. The largest absolute Gasteiger partial charge is 0.327 e. The molecule has 4 nitrogen and oxygen atoms in total. The van der Waals surface area contributed by atoms with E-state index in [4.69, 9.17) is 0 Å². The molecular formula is C28H28N2O2. The highest BCUT2D eigenvalue weighted by Crippen LogP contribution is 2.37. The lowest BCUT2D eigenvalue weighted by Gasteiger charge is -2.41. The van der Waals surface area contributed by atoms with Crippen molar-refractivity contribution in [1.29, 1.82) is 0 Å². The summed E-state index contributed by atoms with van der Waals surface area (Å²) < 4.78 is 0. The number of carbonyl (C=O) groups is 2. The molecule has 4 heteroatoms. The van der Waals surface area contributed by atoms with Crippen molar-refractivity contribution < 1.29 is 9.59 Å². The molecule has 0 spiro atoms. The fraction of sp³-hybridized carbons (Fsp3) is 0.214. The van der Waals surface area contributed by atoms with Crippen molar-refractivity contribution in [2.24, 2.45) is 0 Å². The molecule has 1 heterocycles. The van der Waals surface area contributed by atoms with Crippen LogP contribution in [0, 0.1) is 13.8 Å². The quantitative estimate of drug-likeness (QED) is 0.514. The lowest BCUT2D eigenvalue weighted by Crippen LogP contribution is -2.55. The smallest absolute Gasteiger partial charge is 0.251 e. The van der Waals surface area contributed by atoms with Crippen LogP contribution in [0.3, 0.4) is 0 Å². The fourth-order valence-electron chi connectivity index (χ4n) is 4.48. The third-order valence-electron chi connectivity index (χ3n) is 5.93. The zero-order chi connectivity index (χ0) is 22.7. The van der Waals surface area contributed by atoms with Gasteiger partial charge in [0.25, 0.3) is 5.91 Å². The first-order valence-electron chi connectivity index (χ1n) is 10.9. The number of anilines is 1. The minimum absolute atomic E-state index is 0.0532. The number of rotatable bonds is 6. The van der Waals surface area contributed by atoms with E-state index in [1.807, 2.05) is 86.7 Å². The molecule has 0 bridgehead atoms. The number of nitrogens with zero attached hydrogens (tertiary/aromatic N) is 2. The van der Waals surface area contributed by atoms with Crippen molar-refractivity contribution in [2.45, 2.75) is 32.9 Å². The Morgan fingerprint density at radius 3 is 2.28 bits per heavy atom. The van der Waals surface area contributed by atoms with Crippen LogP contribution in [0.5, 0.6) is 0 Å². The molecule has 0 aromatic heterocycles. The Bertz CT molecular complexity index is 1140. The number of aryl methyl sites for hydroxylation is 2. The Kier molecular flexibility index (Phi) is 6.22. The summed E-state index contributed by atoms with van der Waals surface area (Å²) in [6.45, 7) is 8.43. The van der Waals surface area contributed by atoms with Crippen LogP contribution < -0.4 is 4.90 Å². The molecule has 2 amide bonds. The Morgan fingerprint density at radius 1 is 0.969 bits per heavy atom. The average molecular weight is 425 g/mol. The number of allylic oxidation sites excluding steroid dienone is 1. The van der Waals surface area contributed by atoms with Crippen molar-refractivity contribution in [3.8, 4) is 0 Å². The predicted octanol–water partition coefficient (Wildman–Crippen LogP) is 5.15. The van der Waals surface area contributed by atoms with Crippen molar-refractivity contribution in [3.63, 3.8) is 0 Å². The minimum Gasteiger partial charge on any atom is -0.327 e. The van der Waals surface area contributed by atoms with Crippen LogP contribution in [0.2, 0.25) is 0 Å². The van der Waals surface area contributed by atoms with E-state index in [0.717, 1.165) is 33.5 Å². The van der Waals surface area contributed by atoms with Gasteiger partial charge in [0, 0.05) is 12.2 Å². The molecular weight excluding hydrogens is 396 g/mol. The topological polar surface area (TPSA) is 40.6 Å². The van der Waals surface area contributed by atoms with Crippen molar-refractivity contribution in [1.82, 2.24) is 4.90 Å². The summed E-state index contributed by atoms with van der Waals surface area (Å²) in [5.74, 6) is -0.145. The van der Waals surface area contributed by atoms with Gasteiger partial charge in [0.2, 0.25) is 5.91 Å². The van der Waals surface area contributed by atoms with E-state index >= 15 is 0 Å². The lowest BCUT2D eigenvalue weighted by atomic mass is 9.94. The molecule has 162 valence electrons. The molecule has 1 aliphatic heterocycles. The van der Waals surface area contributed by atoms with Crippen LogP contribution >= 0.6 is 0 Å². The predicted molar refractivity (Wildman–Crippen MR) is 128 cm³/mol. The van der Waals surface area contributed by atoms with Crippen LogP contribution in [0.15, 0.2) is 85.5 Å². The van der Waals surface area contributed by atoms with Gasteiger partial charge >= 0.3 is 0 Å². The maximum Gasteiger partial charge on any atom is 0.251 e. The Labute approximate surface area is 189 Å². The number of carbonyl (C=O) groups excluding carboxylic acids is 2. The fourth-order valence-corrected chi connectivity index (χ4v) is 4.48. The zero-order valence-corrected chi connectivity index (χ0v) is 18.6. The van der Waals surface area contributed by atoms with Gasteiger partial charge in [-0.15, -0.1) is 6.58 Å². The summed E-state index contributed by atoms with van der Waals surface area (Å²) in [4.78, 5) is 30.8. The normalized spacial score (nSPS) is 16.4. The number of benzene rings is 3. The first-order valence-corrected chi connectivity index (χ1v) is 10.9.